The van der Waals surface area contributed by atoms with E-state index in [0.717, 1.165) is 29.5 Å². The van der Waals surface area contributed by atoms with Gasteiger partial charge in [-0.15, -0.1) is 0 Å². The van der Waals surface area contributed by atoms with Crippen molar-refractivity contribution in [2.45, 2.75) is 19.3 Å². The van der Waals surface area contributed by atoms with Crippen LogP contribution in [0.2, 0.25) is 0 Å². The Bertz CT molecular complexity index is 788. The highest BCUT2D eigenvalue weighted by Crippen LogP contribution is 2.28. The minimum atomic E-state index is -0.175. The second kappa shape index (κ2) is 7.17. The van der Waals surface area contributed by atoms with Crippen molar-refractivity contribution < 1.29 is 19.1 Å². The average molecular weight is 344 g/mol. The summed E-state index contributed by atoms with van der Waals surface area (Å²) < 4.78 is 12.0. The largest absolute Gasteiger partial charge is 0.497 e. The summed E-state index contributed by atoms with van der Waals surface area (Å²) >= 11 is 0. The summed E-state index contributed by atoms with van der Waals surface area (Å²) in [6.45, 7) is 1.34. The van der Waals surface area contributed by atoms with Crippen LogP contribution in [0.15, 0.2) is 24.4 Å². The van der Waals surface area contributed by atoms with E-state index in [1.165, 1.54) is 7.11 Å². The number of aryl methyl sites for hydroxylation is 1. The molecule has 25 heavy (non-hydrogen) atoms. The smallest absolute Gasteiger partial charge is 0.305 e. The summed E-state index contributed by atoms with van der Waals surface area (Å²) in [5.74, 6) is 0.898. The van der Waals surface area contributed by atoms with Crippen LogP contribution in [0.5, 0.6) is 5.75 Å². The summed E-state index contributed by atoms with van der Waals surface area (Å²) in [5.41, 5.74) is 1.70. The van der Waals surface area contributed by atoms with E-state index in [4.69, 9.17) is 9.47 Å². The van der Waals surface area contributed by atoms with Crippen LogP contribution in [0.1, 0.15) is 29.6 Å². The second-order valence-corrected chi connectivity index (χ2v) is 6.55. The average Bonchev–Trinajstić information content (AvgIpc) is 2.97. The third-order valence-corrected chi connectivity index (χ3v) is 5.01. The molecule has 1 saturated heterocycles. The highest BCUT2D eigenvalue weighted by Gasteiger charge is 2.27. The van der Waals surface area contributed by atoms with Crippen molar-refractivity contribution in [1.29, 1.82) is 0 Å². The Balaban J connectivity index is 1.76. The van der Waals surface area contributed by atoms with Crippen molar-refractivity contribution in [2.75, 3.05) is 27.3 Å². The molecule has 1 amide bonds. The maximum atomic E-state index is 13.0. The molecule has 0 unspecified atom stereocenters. The van der Waals surface area contributed by atoms with Crippen molar-refractivity contribution in [3.8, 4) is 5.75 Å². The molecule has 0 atom stereocenters. The maximum Gasteiger partial charge on any atom is 0.305 e. The molecular formula is C19H24N2O4. The highest BCUT2D eigenvalue weighted by molar-refractivity contribution is 6.07. The molecule has 0 spiro atoms. The lowest BCUT2D eigenvalue weighted by molar-refractivity contribution is -0.142. The molecule has 134 valence electrons. The molecule has 6 heteroatoms. The number of ether oxygens (including phenoxy) is 2. The molecule has 1 aromatic carbocycles. The van der Waals surface area contributed by atoms with Gasteiger partial charge in [0.1, 0.15) is 5.75 Å². The Hall–Kier alpha value is -2.50. The zero-order valence-electron chi connectivity index (χ0n) is 14.9. The monoisotopic (exact) mass is 344 g/mol. The van der Waals surface area contributed by atoms with Gasteiger partial charge in [-0.1, -0.05) is 0 Å². The molecule has 1 fully saturated rings. The molecule has 2 heterocycles. The van der Waals surface area contributed by atoms with Gasteiger partial charge in [-0.2, -0.15) is 0 Å². The lowest BCUT2D eigenvalue weighted by Crippen LogP contribution is -2.38. The number of carbonyl (C=O) groups excluding carboxylic acids is 2. The van der Waals surface area contributed by atoms with Crippen LogP contribution in [-0.2, 0) is 16.6 Å². The quantitative estimate of drug-likeness (QED) is 0.800. The van der Waals surface area contributed by atoms with Crippen LogP contribution in [-0.4, -0.2) is 48.7 Å². The number of benzene rings is 1. The van der Waals surface area contributed by atoms with E-state index in [9.17, 15) is 9.59 Å². The zero-order chi connectivity index (χ0) is 18.0. The first-order valence-corrected chi connectivity index (χ1v) is 8.52. The number of amides is 1. The lowest BCUT2D eigenvalue weighted by Gasteiger charge is -2.31. The summed E-state index contributed by atoms with van der Waals surface area (Å²) in [4.78, 5) is 26.3. The van der Waals surface area contributed by atoms with Crippen LogP contribution in [0.25, 0.3) is 10.9 Å². The fraction of sp³-hybridized carbons (Fsp3) is 0.474. The van der Waals surface area contributed by atoms with Crippen molar-refractivity contribution >= 4 is 22.8 Å². The van der Waals surface area contributed by atoms with E-state index in [0.29, 0.717) is 31.0 Å². The lowest BCUT2D eigenvalue weighted by atomic mass is 9.93. The topological polar surface area (TPSA) is 60.8 Å². The van der Waals surface area contributed by atoms with Crippen LogP contribution in [0, 0.1) is 5.92 Å². The van der Waals surface area contributed by atoms with Crippen molar-refractivity contribution in [2.24, 2.45) is 13.0 Å². The summed E-state index contributed by atoms with van der Waals surface area (Å²) in [6, 6.07) is 5.77. The number of hydrogen-bond donors (Lipinski definition) is 0. The molecule has 6 nitrogen and oxygen atoms in total. The Kier molecular flexibility index (Phi) is 4.97. The Morgan fingerprint density at radius 1 is 1.20 bits per heavy atom. The van der Waals surface area contributed by atoms with Crippen molar-refractivity contribution in [3.05, 3.63) is 30.0 Å². The van der Waals surface area contributed by atoms with Crippen LogP contribution >= 0.6 is 0 Å². The molecule has 1 aliphatic rings. The number of nitrogens with zero attached hydrogens (tertiary/aromatic N) is 2. The van der Waals surface area contributed by atoms with E-state index in [-0.39, 0.29) is 11.9 Å². The van der Waals surface area contributed by atoms with E-state index >= 15 is 0 Å². The van der Waals surface area contributed by atoms with Gasteiger partial charge in [0.25, 0.3) is 5.91 Å². The summed E-state index contributed by atoms with van der Waals surface area (Å²) in [6.07, 6.45) is 3.97. The number of hydrogen-bond acceptors (Lipinski definition) is 4. The van der Waals surface area contributed by atoms with Gasteiger partial charge in [-0.3, -0.25) is 9.59 Å². The Morgan fingerprint density at radius 3 is 2.56 bits per heavy atom. The fourth-order valence-electron chi connectivity index (χ4n) is 3.50. The van der Waals surface area contributed by atoms with Crippen LogP contribution in [0.4, 0.5) is 0 Å². The highest BCUT2D eigenvalue weighted by atomic mass is 16.5. The van der Waals surface area contributed by atoms with Gasteiger partial charge < -0.3 is 18.9 Å². The second-order valence-electron chi connectivity index (χ2n) is 6.55. The Morgan fingerprint density at radius 2 is 1.92 bits per heavy atom. The molecule has 0 N–H and O–H groups in total. The first-order chi connectivity index (χ1) is 12.0. The number of aromatic nitrogens is 1. The predicted molar refractivity (Wildman–Crippen MR) is 94.7 cm³/mol. The molecule has 0 saturated carbocycles. The van der Waals surface area contributed by atoms with Gasteiger partial charge in [0.15, 0.2) is 0 Å². The number of carbonyl (C=O) groups is 2. The summed E-state index contributed by atoms with van der Waals surface area (Å²) in [7, 11) is 4.97. The first-order valence-electron chi connectivity index (χ1n) is 8.52. The minimum absolute atomic E-state index is 0.0374. The number of fused-ring (bicyclic) bond motifs is 1. The number of rotatable bonds is 4. The molecule has 3 rings (SSSR count). The predicted octanol–water partition coefficient (Wildman–Crippen LogP) is 2.60. The zero-order valence-corrected chi connectivity index (χ0v) is 14.9. The van der Waals surface area contributed by atoms with Gasteiger partial charge in [0.2, 0.25) is 0 Å². The number of methoxy groups -OCH3 is 2. The van der Waals surface area contributed by atoms with Crippen molar-refractivity contribution in [3.63, 3.8) is 0 Å². The molecule has 2 aromatic rings. The SMILES string of the molecule is COC(=O)CC1CCN(C(=O)c2cn(C)c3ccc(OC)cc23)CC1. The first kappa shape index (κ1) is 17.3. The van der Waals surface area contributed by atoms with E-state index < -0.39 is 0 Å². The van der Waals surface area contributed by atoms with E-state index in [1.54, 1.807) is 7.11 Å². The van der Waals surface area contributed by atoms with Gasteiger partial charge in [0, 0.05) is 43.7 Å². The molecule has 0 radical (unpaired) electrons. The number of piperidine rings is 1. The van der Waals surface area contributed by atoms with E-state index in [2.05, 4.69) is 0 Å². The van der Waals surface area contributed by atoms with Crippen LogP contribution in [0.3, 0.4) is 0 Å². The standard InChI is InChI=1S/C19H24N2O4/c1-20-12-16(15-11-14(24-2)4-5-17(15)20)19(23)21-8-6-13(7-9-21)10-18(22)25-3/h4-5,11-13H,6-10H2,1-3H3. The molecule has 1 aliphatic heterocycles. The van der Waals surface area contributed by atoms with Gasteiger partial charge >= 0.3 is 5.97 Å². The van der Waals surface area contributed by atoms with Gasteiger partial charge in [0.05, 0.1) is 19.8 Å². The third-order valence-electron chi connectivity index (χ3n) is 5.01. The van der Waals surface area contributed by atoms with Crippen LogP contribution < -0.4 is 4.74 Å². The molecule has 0 bridgehead atoms. The van der Waals surface area contributed by atoms with E-state index in [1.807, 2.05) is 40.9 Å². The van der Waals surface area contributed by atoms with Gasteiger partial charge in [-0.05, 0) is 37.0 Å². The van der Waals surface area contributed by atoms with Crippen molar-refractivity contribution in [1.82, 2.24) is 9.47 Å². The van der Waals surface area contributed by atoms with Gasteiger partial charge in [-0.25, -0.2) is 0 Å². The normalized spacial score (nSPS) is 15.4. The molecule has 1 aromatic heterocycles. The third kappa shape index (κ3) is 3.48. The molecule has 0 aliphatic carbocycles. The molecular weight excluding hydrogens is 320 g/mol. The number of likely N-dealkylation sites (tertiary alicyclic amines) is 1. The summed E-state index contributed by atoms with van der Waals surface area (Å²) in [5, 5.41) is 0.906. The number of esters is 1. The minimum Gasteiger partial charge on any atom is -0.497 e. The maximum absolute atomic E-state index is 13.0. The Labute approximate surface area is 147 Å². The fourth-order valence-corrected chi connectivity index (χ4v) is 3.50.